The van der Waals surface area contributed by atoms with Gasteiger partial charge in [0, 0.05) is 12.4 Å². The number of pyridine rings is 1. The zero-order valence-corrected chi connectivity index (χ0v) is 10.1. The van der Waals surface area contributed by atoms with Crippen LogP contribution in [-0.4, -0.2) is 26.0 Å². The minimum Gasteiger partial charge on any atom is -0.384 e. The Morgan fingerprint density at radius 1 is 1.56 bits per heavy atom. The van der Waals surface area contributed by atoms with Gasteiger partial charge in [-0.15, -0.1) is 0 Å². The van der Waals surface area contributed by atoms with Crippen LogP contribution in [0, 0.1) is 6.92 Å². The van der Waals surface area contributed by atoms with E-state index in [1.165, 1.54) is 0 Å². The number of hydrogen-bond acceptors (Lipinski definition) is 4. The smallest absolute Gasteiger partial charge is 0.170 e. The number of aromatic nitrogens is 3. The molecule has 0 aromatic carbocycles. The molecule has 0 aliphatic carbocycles. The summed E-state index contributed by atoms with van der Waals surface area (Å²) in [7, 11) is 2.03. The van der Waals surface area contributed by atoms with E-state index >= 15 is 0 Å². The highest BCUT2D eigenvalue weighted by molar-refractivity contribution is 7.83. The van der Waals surface area contributed by atoms with Crippen molar-refractivity contribution in [1.29, 1.82) is 0 Å². The summed E-state index contributed by atoms with van der Waals surface area (Å²) in [5.74, 6) is 0.349. The minimum atomic E-state index is -1.37. The van der Waals surface area contributed by atoms with Crippen LogP contribution in [0.5, 0.6) is 0 Å². The first-order valence-corrected chi connectivity index (χ1v) is 5.88. The van der Waals surface area contributed by atoms with Crippen molar-refractivity contribution >= 4 is 27.7 Å². The molecule has 0 fully saturated rings. The summed E-state index contributed by atoms with van der Waals surface area (Å²) >= 11 is 0. The van der Waals surface area contributed by atoms with Crippen LogP contribution in [0.4, 0.5) is 5.82 Å². The topological polar surface area (TPSA) is 85.8 Å². The van der Waals surface area contributed by atoms with Gasteiger partial charge in [0.2, 0.25) is 0 Å². The van der Waals surface area contributed by atoms with Gasteiger partial charge < -0.3 is 5.73 Å². The Balaban J connectivity index is 2.86. The van der Waals surface area contributed by atoms with Gasteiger partial charge in [0.15, 0.2) is 5.03 Å². The number of fused-ring (bicyclic) bond motifs is 1. The van der Waals surface area contributed by atoms with Gasteiger partial charge in [0.1, 0.15) is 22.3 Å². The average molecular weight is 239 g/mol. The fraction of sp³-hybridized carbons (Fsp3) is 0.333. The summed E-state index contributed by atoms with van der Waals surface area (Å²) in [6, 6.07) is 1.74. The summed E-state index contributed by atoms with van der Waals surface area (Å²) in [4.78, 5) is 4.10. The maximum Gasteiger partial charge on any atom is 0.170 e. The fourth-order valence-electron chi connectivity index (χ4n) is 1.68. The van der Waals surface area contributed by atoms with Crippen LogP contribution in [0.1, 0.15) is 5.69 Å². The lowest BCUT2D eigenvalue weighted by Crippen LogP contribution is -2.14. The molecule has 1 atom stereocenters. The highest BCUT2D eigenvalue weighted by atomic mass is 32.2. The van der Waals surface area contributed by atoms with Crippen molar-refractivity contribution in [1.82, 2.24) is 19.5 Å². The number of anilines is 1. The van der Waals surface area contributed by atoms with Crippen LogP contribution < -0.4 is 10.5 Å². The summed E-state index contributed by atoms with van der Waals surface area (Å²) < 4.78 is 16.1. The van der Waals surface area contributed by atoms with E-state index in [4.69, 9.17) is 5.73 Å². The number of nitrogens with zero attached hydrogens (tertiary/aromatic N) is 3. The molecule has 0 saturated heterocycles. The van der Waals surface area contributed by atoms with Crippen molar-refractivity contribution in [3.8, 4) is 0 Å². The molecule has 0 radical (unpaired) electrons. The van der Waals surface area contributed by atoms with E-state index in [-0.39, 0.29) is 0 Å². The van der Waals surface area contributed by atoms with E-state index in [2.05, 4.69) is 14.8 Å². The number of nitrogens with two attached hydrogens (primary N) is 1. The van der Waals surface area contributed by atoms with E-state index in [0.29, 0.717) is 10.8 Å². The summed E-state index contributed by atoms with van der Waals surface area (Å²) in [5.41, 5.74) is 7.28. The molecule has 86 valence electrons. The highest BCUT2D eigenvalue weighted by Gasteiger charge is 2.16. The van der Waals surface area contributed by atoms with E-state index in [0.717, 1.165) is 16.6 Å². The van der Waals surface area contributed by atoms with Gasteiger partial charge in [-0.3, -0.25) is 4.68 Å². The molecular formula is C9H13N5OS. The SMILES string of the molecule is CNS(=O)c1nc(N)cc2c(C)nn(C)c12. The van der Waals surface area contributed by atoms with Gasteiger partial charge >= 0.3 is 0 Å². The van der Waals surface area contributed by atoms with Gasteiger partial charge in [-0.25, -0.2) is 13.9 Å². The van der Waals surface area contributed by atoms with Crippen LogP contribution in [0.3, 0.4) is 0 Å². The van der Waals surface area contributed by atoms with Crippen molar-refractivity contribution < 1.29 is 4.21 Å². The normalized spacial score (nSPS) is 13.2. The highest BCUT2D eigenvalue weighted by Crippen LogP contribution is 2.23. The van der Waals surface area contributed by atoms with Crippen molar-refractivity contribution in [2.24, 2.45) is 7.05 Å². The molecule has 2 rings (SSSR count). The van der Waals surface area contributed by atoms with Gasteiger partial charge in [-0.05, 0) is 20.0 Å². The molecule has 3 N–H and O–H groups in total. The Morgan fingerprint density at radius 2 is 2.25 bits per heavy atom. The third kappa shape index (κ3) is 1.57. The molecule has 2 aromatic rings. The Kier molecular flexibility index (Phi) is 2.64. The molecule has 0 aliphatic heterocycles. The molecule has 16 heavy (non-hydrogen) atoms. The second kappa shape index (κ2) is 3.84. The third-order valence-electron chi connectivity index (χ3n) is 2.35. The Morgan fingerprint density at radius 3 is 2.88 bits per heavy atom. The summed E-state index contributed by atoms with van der Waals surface area (Å²) in [5, 5.41) is 5.57. The zero-order chi connectivity index (χ0) is 11.9. The number of nitrogen functional groups attached to an aromatic ring is 1. The lowest BCUT2D eigenvalue weighted by atomic mass is 10.2. The molecule has 2 heterocycles. The fourth-order valence-corrected chi connectivity index (χ4v) is 2.48. The van der Waals surface area contributed by atoms with Gasteiger partial charge in [-0.2, -0.15) is 5.10 Å². The largest absolute Gasteiger partial charge is 0.384 e. The summed E-state index contributed by atoms with van der Waals surface area (Å²) in [6.45, 7) is 1.88. The second-order valence-electron chi connectivity index (χ2n) is 3.43. The lowest BCUT2D eigenvalue weighted by Gasteiger charge is -2.04. The maximum absolute atomic E-state index is 11.8. The van der Waals surface area contributed by atoms with Gasteiger partial charge in [0.25, 0.3) is 0 Å². The molecule has 0 spiro atoms. The Labute approximate surface area is 95.4 Å². The zero-order valence-electron chi connectivity index (χ0n) is 9.31. The van der Waals surface area contributed by atoms with Gasteiger partial charge in [-0.1, -0.05) is 0 Å². The molecular weight excluding hydrogens is 226 g/mol. The Hall–Kier alpha value is -1.47. The molecule has 0 bridgehead atoms. The minimum absolute atomic E-state index is 0.349. The van der Waals surface area contributed by atoms with Gasteiger partial charge in [0.05, 0.1) is 5.69 Å². The van der Waals surface area contributed by atoms with Crippen LogP contribution >= 0.6 is 0 Å². The van der Waals surface area contributed by atoms with Crippen molar-refractivity contribution in [2.75, 3.05) is 12.8 Å². The predicted octanol–water partition coefficient (Wildman–Crippen LogP) is 0.101. The van der Waals surface area contributed by atoms with E-state index in [1.807, 2.05) is 6.92 Å². The second-order valence-corrected chi connectivity index (χ2v) is 4.76. The van der Waals surface area contributed by atoms with E-state index in [1.54, 1.807) is 24.8 Å². The number of rotatable bonds is 2. The molecule has 0 saturated carbocycles. The molecule has 6 nitrogen and oxygen atoms in total. The quantitative estimate of drug-likeness (QED) is 0.778. The molecule has 0 aliphatic rings. The summed E-state index contributed by atoms with van der Waals surface area (Å²) in [6.07, 6.45) is 0. The van der Waals surface area contributed by atoms with Crippen molar-refractivity contribution in [3.63, 3.8) is 0 Å². The third-order valence-corrected chi connectivity index (χ3v) is 3.36. The Bertz CT molecular complexity index is 577. The van der Waals surface area contributed by atoms with Crippen molar-refractivity contribution in [2.45, 2.75) is 11.9 Å². The number of nitrogens with one attached hydrogen (secondary N) is 1. The molecule has 0 amide bonds. The number of hydrogen-bond donors (Lipinski definition) is 2. The molecule has 1 unspecified atom stereocenters. The van der Waals surface area contributed by atoms with Crippen LogP contribution in [-0.2, 0) is 18.0 Å². The lowest BCUT2D eigenvalue weighted by molar-refractivity contribution is 0.674. The van der Waals surface area contributed by atoms with Crippen LogP contribution in [0.25, 0.3) is 10.9 Å². The molecule has 7 heteroatoms. The van der Waals surface area contributed by atoms with E-state index in [9.17, 15) is 4.21 Å². The van der Waals surface area contributed by atoms with Crippen molar-refractivity contribution in [3.05, 3.63) is 11.8 Å². The molecule has 2 aromatic heterocycles. The van der Waals surface area contributed by atoms with Crippen LogP contribution in [0.2, 0.25) is 0 Å². The predicted molar refractivity (Wildman–Crippen MR) is 63.1 cm³/mol. The maximum atomic E-state index is 11.8. The average Bonchev–Trinajstić information content (AvgIpc) is 2.52. The number of aryl methyl sites for hydroxylation is 2. The van der Waals surface area contributed by atoms with E-state index < -0.39 is 11.0 Å². The first kappa shape index (κ1) is 11.0. The standard InChI is InChI=1S/C9H13N5OS/c1-5-6-4-7(10)12-9(16(15)11-2)8(6)14(3)13-5/h4,11H,1-3H3,(H2,10,12). The monoisotopic (exact) mass is 239 g/mol. The first-order chi connectivity index (χ1) is 7.54. The first-order valence-electron chi connectivity index (χ1n) is 4.73. The van der Waals surface area contributed by atoms with Crippen LogP contribution in [0.15, 0.2) is 11.1 Å².